The summed E-state index contributed by atoms with van der Waals surface area (Å²) < 4.78 is 7.41. The highest BCUT2D eigenvalue weighted by Gasteiger charge is 2.25. The lowest BCUT2D eigenvalue weighted by atomic mass is 10.1. The van der Waals surface area contributed by atoms with E-state index >= 15 is 0 Å². The maximum Gasteiger partial charge on any atom is 0.259 e. The van der Waals surface area contributed by atoms with E-state index in [0.717, 1.165) is 37.9 Å². The molecule has 1 amide bonds. The molecular weight excluding hydrogens is 415 g/mol. The first-order valence-corrected chi connectivity index (χ1v) is 9.60. The Hall–Kier alpha value is -2.42. The number of amides is 1. The van der Waals surface area contributed by atoms with Gasteiger partial charge >= 0.3 is 0 Å². The Morgan fingerprint density at radius 3 is 2.93 bits per heavy atom. The first kappa shape index (κ1) is 21.3. The summed E-state index contributed by atoms with van der Waals surface area (Å²) in [5, 5.41) is 14.3. The molecule has 0 bridgehead atoms. The minimum atomic E-state index is -0.295. The van der Waals surface area contributed by atoms with Crippen molar-refractivity contribution in [3.8, 4) is 5.75 Å². The number of carbonyl (C=O) groups excluding carboxylic acids is 1. The number of hydrogen-bond donors (Lipinski definition) is 2. The van der Waals surface area contributed by atoms with E-state index in [-0.39, 0.29) is 24.4 Å². The number of nitrogens with one attached hydrogen (secondary N) is 2. The number of ether oxygens (including phenoxy) is 1. The molecule has 3 aromatic rings. The first-order chi connectivity index (χ1) is 13.7. The summed E-state index contributed by atoms with van der Waals surface area (Å²) in [4.78, 5) is 17.3. The Morgan fingerprint density at radius 1 is 1.31 bits per heavy atom. The van der Waals surface area contributed by atoms with Crippen molar-refractivity contribution in [2.45, 2.75) is 25.3 Å². The molecule has 29 heavy (non-hydrogen) atoms. The molecule has 1 unspecified atom stereocenters. The van der Waals surface area contributed by atoms with Gasteiger partial charge in [-0.15, -0.1) is 12.4 Å². The molecule has 2 aromatic heterocycles. The Balaban J connectivity index is 0.00000240. The van der Waals surface area contributed by atoms with Gasteiger partial charge in [0, 0.05) is 12.6 Å². The molecule has 0 radical (unpaired) electrons. The fraction of sp³-hybridized carbons (Fsp3) is 0.368. The van der Waals surface area contributed by atoms with Crippen molar-refractivity contribution >= 4 is 46.9 Å². The van der Waals surface area contributed by atoms with E-state index in [1.165, 1.54) is 12.4 Å². The van der Waals surface area contributed by atoms with Crippen LogP contribution in [0.1, 0.15) is 35.7 Å². The Bertz CT molecular complexity index is 987. The van der Waals surface area contributed by atoms with Gasteiger partial charge in [-0.05, 0) is 37.6 Å². The zero-order valence-electron chi connectivity index (χ0n) is 15.9. The molecular formula is C19H22Cl2N6O2. The molecule has 4 rings (SSSR count). The van der Waals surface area contributed by atoms with Crippen LogP contribution in [-0.4, -0.2) is 45.9 Å². The molecule has 0 aliphatic carbocycles. The summed E-state index contributed by atoms with van der Waals surface area (Å²) in [5.41, 5.74) is 1.88. The predicted octanol–water partition coefficient (Wildman–Crippen LogP) is 3.48. The van der Waals surface area contributed by atoms with Gasteiger partial charge in [-0.1, -0.05) is 18.0 Å². The third-order valence-electron chi connectivity index (χ3n) is 4.93. The molecule has 1 fully saturated rings. The molecule has 1 aromatic carbocycles. The lowest BCUT2D eigenvalue weighted by Gasteiger charge is -2.21. The Kier molecular flexibility index (Phi) is 6.89. The van der Waals surface area contributed by atoms with Gasteiger partial charge < -0.3 is 14.6 Å². The number of hydrogen-bond acceptors (Lipinski definition) is 6. The number of rotatable bonds is 4. The Labute approximate surface area is 179 Å². The minimum Gasteiger partial charge on any atom is -0.495 e. The molecule has 1 atom stereocenters. The second-order valence-corrected chi connectivity index (χ2v) is 7.07. The van der Waals surface area contributed by atoms with Crippen LogP contribution in [0, 0.1) is 0 Å². The van der Waals surface area contributed by atoms with Gasteiger partial charge in [0.05, 0.1) is 36.1 Å². The second kappa shape index (κ2) is 9.39. The highest BCUT2D eigenvalue weighted by atomic mass is 35.5. The van der Waals surface area contributed by atoms with Crippen LogP contribution in [0.5, 0.6) is 5.75 Å². The number of aromatic nitrogens is 4. The summed E-state index contributed by atoms with van der Waals surface area (Å²) in [6.07, 6.45) is 6.07. The third-order valence-corrected chi connectivity index (χ3v) is 5.30. The van der Waals surface area contributed by atoms with Gasteiger partial charge in [0.15, 0.2) is 0 Å². The summed E-state index contributed by atoms with van der Waals surface area (Å²) in [6, 6.07) is 5.36. The van der Waals surface area contributed by atoms with Crippen LogP contribution in [0.2, 0.25) is 5.02 Å². The zero-order chi connectivity index (χ0) is 19.5. The number of benzene rings is 1. The SMILES string of the molecule is COc1ccc2nc(NC(=O)c3ccnnc3)n(C3CCCCNC3)c2c1Cl.Cl. The van der Waals surface area contributed by atoms with Crippen molar-refractivity contribution in [2.75, 3.05) is 25.5 Å². The average molecular weight is 437 g/mol. The quantitative estimate of drug-likeness (QED) is 0.649. The van der Waals surface area contributed by atoms with Gasteiger partial charge in [0.25, 0.3) is 5.91 Å². The summed E-state index contributed by atoms with van der Waals surface area (Å²) in [6.45, 7) is 1.75. The van der Waals surface area contributed by atoms with Crippen LogP contribution in [0.3, 0.4) is 0 Å². The van der Waals surface area contributed by atoms with Gasteiger partial charge in [-0.2, -0.15) is 10.2 Å². The number of halogens is 2. The van der Waals surface area contributed by atoms with E-state index in [4.69, 9.17) is 16.3 Å². The molecule has 0 saturated carbocycles. The number of carbonyl (C=O) groups is 1. The van der Waals surface area contributed by atoms with Crippen molar-refractivity contribution in [1.82, 2.24) is 25.1 Å². The van der Waals surface area contributed by atoms with Gasteiger partial charge in [-0.3, -0.25) is 10.1 Å². The second-order valence-electron chi connectivity index (χ2n) is 6.69. The molecule has 2 N–H and O–H groups in total. The molecule has 1 aliphatic heterocycles. The zero-order valence-corrected chi connectivity index (χ0v) is 17.5. The van der Waals surface area contributed by atoms with Gasteiger partial charge in [-0.25, -0.2) is 4.98 Å². The van der Waals surface area contributed by atoms with Crippen LogP contribution < -0.4 is 15.4 Å². The molecule has 3 heterocycles. The maximum atomic E-state index is 12.7. The van der Waals surface area contributed by atoms with Crippen LogP contribution in [-0.2, 0) is 0 Å². The van der Waals surface area contributed by atoms with Crippen LogP contribution in [0.15, 0.2) is 30.6 Å². The van der Waals surface area contributed by atoms with E-state index in [0.29, 0.717) is 27.8 Å². The standard InChI is InChI=1S/C19H21ClN6O2.ClH/c1-28-15-6-5-14-17(16(15)20)26(13-4-2-3-8-21-11-13)19(24-14)25-18(27)12-7-9-22-23-10-12;/h5-7,9-10,13,21H,2-4,8,11H2,1H3,(H,24,25,27);1H. The molecule has 8 nitrogen and oxygen atoms in total. The van der Waals surface area contributed by atoms with E-state index in [9.17, 15) is 4.79 Å². The van der Waals surface area contributed by atoms with Crippen molar-refractivity contribution in [2.24, 2.45) is 0 Å². The van der Waals surface area contributed by atoms with Crippen molar-refractivity contribution in [3.05, 3.63) is 41.2 Å². The van der Waals surface area contributed by atoms with E-state index < -0.39 is 0 Å². The van der Waals surface area contributed by atoms with E-state index in [1.807, 2.05) is 10.6 Å². The summed E-state index contributed by atoms with van der Waals surface area (Å²) in [5.74, 6) is 0.741. The predicted molar refractivity (Wildman–Crippen MR) is 114 cm³/mol. The number of imidazole rings is 1. The fourth-order valence-corrected chi connectivity index (χ4v) is 3.88. The maximum absolute atomic E-state index is 12.7. The lowest BCUT2D eigenvalue weighted by molar-refractivity contribution is 0.102. The smallest absolute Gasteiger partial charge is 0.259 e. The molecule has 1 aliphatic rings. The summed E-state index contributed by atoms with van der Waals surface area (Å²) in [7, 11) is 1.58. The molecule has 154 valence electrons. The fourth-order valence-electron chi connectivity index (χ4n) is 3.55. The van der Waals surface area contributed by atoms with E-state index in [2.05, 4.69) is 25.8 Å². The van der Waals surface area contributed by atoms with E-state index in [1.54, 1.807) is 19.2 Å². The highest BCUT2D eigenvalue weighted by Crippen LogP contribution is 2.37. The lowest BCUT2D eigenvalue weighted by Crippen LogP contribution is -2.25. The molecule has 0 spiro atoms. The number of anilines is 1. The van der Waals surface area contributed by atoms with Crippen molar-refractivity contribution < 1.29 is 9.53 Å². The van der Waals surface area contributed by atoms with Crippen LogP contribution in [0.4, 0.5) is 5.95 Å². The first-order valence-electron chi connectivity index (χ1n) is 9.22. The molecule has 1 saturated heterocycles. The van der Waals surface area contributed by atoms with Crippen LogP contribution >= 0.6 is 24.0 Å². The third kappa shape index (κ3) is 4.29. The minimum absolute atomic E-state index is 0. The van der Waals surface area contributed by atoms with Gasteiger partial charge in [0.2, 0.25) is 5.95 Å². The van der Waals surface area contributed by atoms with Crippen molar-refractivity contribution in [1.29, 1.82) is 0 Å². The van der Waals surface area contributed by atoms with Crippen LogP contribution in [0.25, 0.3) is 11.0 Å². The largest absolute Gasteiger partial charge is 0.495 e. The number of fused-ring (bicyclic) bond motifs is 1. The van der Waals surface area contributed by atoms with Crippen molar-refractivity contribution in [3.63, 3.8) is 0 Å². The van der Waals surface area contributed by atoms with Gasteiger partial charge in [0.1, 0.15) is 10.8 Å². The topological polar surface area (TPSA) is 94.0 Å². The summed E-state index contributed by atoms with van der Waals surface area (Å²) >= 11 is 6.64. The monoisotopic (exact) mass is 436 g/mol. The highest BCUT2D eigenvalue weighted by molar-refractivity contribution is 6.36. The average Bonchev–Trinajstić information content (AvgIpc) is 2.89. The number of methoxy groups -OCH3 is 1. The Morgan fingerprint density at radius 2 is 2.17 bits per heavy atom. The normalized spacial score (nSPS) is 16.7. The number of nitrogens with zero attached hydrogens (tertiary/aromatic N) is 4. The molecule has 10 heteroatoms.